The summed E-state index contributed by atoms with van der Waals surface area (Å²) in [5.41, 5.74) is 2.40. The number of hydrogen-bond donors (Lipinski definition) is 3. The first kappa shape index (κ1) is 26.8. The van der Waals surface area contributed by atoms with Gasteiger partial charge in [-0.15, -0.1) is 11.3 Å². The summed E-state index contributed by atoms with van der Waals surface area (Å²) in [7, 11) is -2.62. The van der Waals surface area contributed by atoms with Gasteiger partial charge in [-0.05, 0) is 68.0 Å². The number of aromatic hydroxyl groups is 1. The molecule has 2 heterocycles. The Morgan fingerprint density at radius 1 is 1.15 bits per heavy atom. The molecule has 8 nitrogen and oxygen atoms in total. The van der Waals surface area contributed by atoms with Crippen molar-refractivity contribution in [1.29, 1.82) is 0 Å². The molecule has 1 aliphatic rings. The molecule has 39 heavy (non-hydrogen) atoms. The fourth-order valence-electron chi connectivity index (χ4n) is 4.16. The summed E-state index contributed by atoms with van der Waals surface area (Å²) in [5, 5.41) is 13.4. The molecule has 2 aromatic carbocycles. The minimum atomic E-state index is -4.09. The number of aryl methyl sites for hydroxylation is 1. The monoisotopic (exact) mass is 572 g/mol. The van der Waals surface area contributed by atoms with E-state index in [4.69, 9.17) is 4.74 Å². The van der Waals surface area contributed by atoms with E-state index in [9.17, 15) is 22.3 Å². The molecule has 204 valence electrons. The first-order chi connectivity index (χ1) is 18.6. The van der Waals surface area contributed by atoms with E-state index in [0.717, 1.165) is 29.9 Å². The second kappa shape index (κ2) is 10.8. The zero-order chi connectivity index (χ0) is 27.7. The number of thiazole rings is 1. The highest BCUT2D eigenvalue weighted by atomic mass is 32.2. The molecule has 1 fully saturated rings. The van der Waals surface area contributed by atoms with Crippen molar-refractivity contribution in [2.45, 2.75) is 37.8 Å². The van der Waals surface area contributed by atoms with Crippen molar-refractivity contribution >= 4 is 32.2 Å². The van der Waals surface area contributed by atoms with E-state index in [1.165, 1.54) is 30.7 Å². The molecule has 1 aliphatic carbocycles. The lowest BCUT2D eigenvalue weighted by Gasteiger charge is -2.12. The molecule has 4 aromatic rings. The Kier molecular flexibility index (Phi) is 7.41. The van der Waals surface area contributed by atoms with Gasteiger partial charge in [0.15, 0.2) is 33.3 Å². The highest BCUT2D eigenvalue weighted by molar-refractivity contribution is 7.92. The van der Waals surface area contributed by atoms with Gasteiger partial charge in [-0.2, -0.15) is 8.42 Å². The summed E-state index contributed by atoms with van der Waals surface area (Å²) in [6.07, 6.45) is 4.22. The van der Waals surface area contributed by atoms with E-state index in [2.05, 4.69) is 20.0 Å². The molecule has 2 aromatic heterocycles. The maximum Gasteiger partial charge on any atom is 0.281 e. The number of aromatic nitrogens is 2. The van der Waals surface area contributed by atoms with Crippen LogP contribution in [-0.2, 0) is 23.0 Å². The van der Waals surface area contributed by atoms with Crippen molar-refractivity contribution in [3.05, 3.63) is 76.3 Å². The number of nitrogens with zero attached hydrogens (tertiary/aromatic N) is 2. The van der Waals surface area contributed by atoms with Gasteiger partial charge in [0.25, 0.3) is 10.0 Å². The van der Waals surface area contributed by atoms with Gasteiger partial charge in [-0.3, -0.25) is 4.72 Å². The zero-order valence-corrected chi connectivity index (χ0v) is 22.8. The standard InChI is InChI=1S/C27H26F2N4O4S2/c1-15-10-19(30-13-18-4-3-5-22(37-2)25(18)34)14-31-26(15)39(35,36)33-27-32-24(23(38-27)11-16-6-7-16)17-8-9-20(28)21(29)12-17/h3-5,8-10,12,14,16,30,34H,6-7,11,13H2,1-2H3,(H,32,33). The van der Waals surface area contributed by atoms with E-state index in [1.54, 1.807) is 31.2 Å². The zero-order valence-electron chi connectivity index (χ0n) is 21.2. The number of sulfonamides is 1. The van der Waals surface area contributed by atoms with Crippen LogP contribution in [0.2, 0.25) is 0 Å². The van der Waals surface area contributed by atoms with Gasteiger partial charge in [-0.1, -0.05) is 12.1 Å². The van der Waals surface area contributed by atoms with Gasteiger partial charge in [0.1, 0.15) is 0 Å². The Bertz CT molecular complexity index is 1640. The van der Waals surface area contributed by atoms with Crippen molar-refractivity contribution in [3.63, 3.8) is 0 Å². The predicted molar refractivity (Wildman–Crippen MR) is 146 cm³/mol. The van der Waals surface area contributed by atoms with Crippen LogP contribution < -0.4 is 14.8 Å². The van der Waals surface area contributed by atoms with Gasteiger partial charge >= 0.3 is 0 Å². The molecule has 0 unspecified atom stereocenters. The number of hydrogen-bond acceptors (Lipinski definition) is 8. The summed E-state index contributed by atoms with van der Waals surface area (Å²) in [4.78, 5) is 9.42. The highest BCUT2D eigenvalue weighted by Crippen LogP contribution is 2.40. The molecule has 0 spiro atoms. The maximum atomic E-state index is 13.9. The number of benzene rings is 2. The van der Waals surface area contributed by atoms with E-state index in [0.29, 0.717) is 46.2 Å². The first-order valence-corrected chi connectivity index (χ1v) is 14.5. The van der Waals surface area contributed by atoms with E-state index in [-0.39, 0.29) is 22.5 Å². The predicted octanol–water partition coefficient (Wildman–Crippen LogP) is 5.87. The number of pyridine rings is 1. The van der Waals surface area contributed by atoms with E-state index in [1.807, 2.05) is 0 Å². The van der Waals surface area contributed by atoms with Crippen LogP contribution in [0.1, 0.15) is 28.8 Å². The van der Waals surface area contributed by atoms with Crippen LogP contribution in [0, 0.1) is 24.5 Å². The number of anilines is 2. The van der Waals surface area contributed by atoms with Crippen molar-refractivity contribution in [3.8, 4) is 22.8 Å². The normalized spacial score (nSPS) is 13.3. The molecule has 0 aliphatic heterocycles. The lowest BCUT2D eigenvalue weighted by molar-refractivity contribution is 0.371. The average Bonchev–Trinajstić information content (AvgIpc) is 3.63. The van der Waals surface area contributed by atoms with Crippen LogP contribution in [0.15, 0.2) is 53.7 Å². The van der Waals surface area contributed by atoms with Gasteiger partial charge in [0.2, 0.25) is 0 Å². The van der Waals surface area contributed by atoms with Crippen LogP contribution in [-0.4, -0.2) is 30.6 Å². The van der Waals surface area contributed by atoms with Crippen LogP contribution >= 0.6 is 11.3 Å². The molecule has 0 amide bonds. The fraction of sp³-hybridized carbons (Fsp3) is 0.259. The third-order valence-corrected chi connectivity index (χ3v) is 8.87. The second-order valence-electron chi connectivity index (χ2n) is 9.34. The number of nitrogens with one attached hydrogen (secondary N) is 2. The quantitative estimate of drug-likeness (QED) is 0.218. The SMILES string of the molecule is COc1cccc(CNc2cnc(S(=O)(=O)Nc3nc(-c4ccc(F)c(F)c4)c(CC4CC4)s3)c(C)c2)c1O. The molecular formula is C27H26F2N4O4S2. The minimum absolute atomic E-state index is 0.0211. The average molecular weight is 573 g/mol. The minimum Gasteiger partial charge on any atom is -0.504 e. The topological polar surface area (TPSA) is 113 Å². The van der Waals surface area contributed by atoms with Gasteiger partial charge in [0, 0.05) is 22.5 Å². The Balaban J connectivity index is 1.35. The third kappa shape index (κ3) is 5.96. The Hall–Kier alpha value is -3.77. The summed E-state index contributed by atoms with van der Waals surface area (Å²) >= 11 is 1.18. The summed E-state index contributed by atoms with van der Waals surface area (Å²) in [6.45, 7) is 1.90. The maximum absolute atomic E-state index is 13.9. The molecular weight excluding hydrogens is 546 g/mol. The van der Waals surface area contributed by atoms with Crippen molar-refractivity contribution in [2.24, 2.45) is 5.92 Å². The number of ether oxygens (including phenoxy) is 1. The number of halogens is 2. The van der Waals surface area contributed by atoms with E-state index >= 15 is 0 Å². The van der Waals surface area contributed by atoms with E-state index < -0.39 is 21.7 Å². The molecule has 3 N–H and O–H groups in total. The molecule has 0 atom stereocenters. The molecule has 0 radical (unpaired) electrons. The molecule has 0 saturated heterocycles. The van der Waals surface area contributed by atoms with Gasteiger partial charge < -0.3 is 15.2 Å². The van der Waals surface area contributed by atoms with Crippen LogP contribution in [0.25, 0.3) is 11.3 Å². The lowest BCUT2D eigenvalue weighted by atomic mass is 10.1. The van der Waals surface area contributed by atoms with Gasteiger partial charge in [-0.25, -0.2) is 18.7 Å². The second-order valence-corrected chi connectivity index (χ2v) is 12.0. The van der Waals surface area contributed by atoms with Gasteiger partial charge in [0.05, 0.1) is 24.7 Å². The molecule has 0 bridgehead atoms. The first-order valence-electron chi connectivity index (χ1n) is 12.2. The summed E-state index contributed by atoms with van der Waals surface area (Å²) in [6, 6.07) is 10.3. The third-order valence-electron chi connectivity index (χ3n) is 6.35. The van der Waals surface area contributed by atoms with Crippen LogP contribution in [0.4, 0.5) is 19.6 Å². The number of methoxy groups -OCH3 is 1. The fourth-order valence-corrected chi connectivity index (χ4v) is 6.65. The number of para-hydroxylation sites is 1. The Labute approximate surface area is 228 Å². The number of phenols is 1. The van der Waals surface area contributed by atoms with Crippen molar-refractivity contribution < 1.29 is 27.0 Å². The Morgan fingerprint density at radius 3 is 2.64 bits per heavy atom. The largest absolute Gasteiger partial charge is 0.504 e. The smallest absolute Gasteiger partial charge is 0.281 e. The molecule has 1 saturated carbocycles. The number of rotatable bonds is 10. The van der Waals surface area contributed by atoms with Crippen molar-refractivity contribution in [2.75, 3.05) is 17.1 Å². The highest BCUT2D eigenvalue weighted by Gasteiger charge is 2.27. The number of phenolic OH excluding ortho intramolecular Hbond substituents is 1. The summed E-state index contributed by atoms with van der Waals surface area (Å²) < 4.78 is 61.5. The van der Waals surface area contributed by atoms with Crippen molar-refractivity contribution in [1.82, 2.24) is 9.97 Å². The van der Waals surface area contributed by atoms with Crippen LogP contribution in [0.3, 0.4) is 0 Å². The lowest BCUT2D eigenvalue weighted by Crippen LogP contribution is -2.16. The summed E-state index contributed by atoms with van der Waals surface area (Å²) in [5.74, 6) is -1.10. The molecule has 12 heteroatoms. The van der Waals surface area contributed by atoms with Crippen LogP contribution in [0.5, 0.6) is 11.5 Å². The molecule has 5 rings (SSSR count). The Morgan fingerprint density at radius 2 is 1.95 bits per heavy atom.